The molecular weight excluding hydrogens is 301 g/mol. The minimum Gasteiger partial charge on any atom is -0.340 e. The molecule has 0 aliphatic rings. The first-order chi connectivity index (χ1) is 7.04. The monoisotopic (exact) mass is 309 g/mol. The van der Waals surface area contributed by atoms with Gasteiger partial charge >= 0.3 is 0 Å². The van der Waals surface area contributed by atoms with Crippen LogP contribution >= 0.6 is 39.1 Å². The molecule has 0 fully saturated rings. The standard InChI is InChI=1S/C10H10BrCl2NO/c1-14(10(15)5-12)6-7-4-8(13)2-3-9(7)11/h2-4H,5-6H2,1H3. The van der Waals surface area contributed by atoms with Crippen LogP contribution in [0, 0.1) is 0 Å². The van der Waals surface area contributed by atoms with Crippen LogP contribution in [0.4, 0.5) is 0 Å². The highest BCUT2D eigenvalue weighted by molar-refractivity contribution is 9.10. The van der Waals surface area contributed by atoms with Crippen molar-refractivity contribution in [3.05, 3.63) is 33.3 Å². The molecule has 1 aromatic rings. The molecule has 0 aromatic heterocycles. The Hall–Kier alpha value is -0.250. The Morgan fingerprint density at radius 3 is 2.80 bits per heavy atom. The maximum absolute atomic E-state index is 11.3. The van der Waals surface area contributed by atoms with Gasteiger partial charge in [-0.1, -0.05) is 27.5 Å². The molecule has 0 saturated heterocycles. The van der Waals surface area contributed by atoms with Gasteiger partial charge in [0.25, 0.3) is 0 Å². The van der Waals surface area contributed by atoms with Gasteiger partial charge in [0, 0.05) is 23.1 Å². The van der Waals surface area contributed by atoms with Gasteiger partial charge in [0.15, 0.2) is 0 Å². The van der Waals surface area contributed by atoms with Crippen molar-refractivity contribution < 1.29 is 4.79 Å². The summed E-state index contributed by atoms with van der Waals surface area (Å²) in [7, 11) is 1.71. The lowest BCUT2D eigenvalue weighted by molar-refractivity contribution is -0.127. The van der Waals surface area contributed by atoms with Crippen LogP contribution in [0.2, 0.25) is 5.02 Å². The van der Waals surface area contributed by atoms with E-state index < -0.39 is 0 Å². The number of benzene rings is 1. The second-order valence-electron chi connectivity index (χ2n) is 3.12. The molecule has 0 N–H and O–H groups in total. The molecule has 0 aliphatic heterocycles. The van der Waals surface area contributed by atoms with Crippen molar-refractivity contribution in [1.82, 2.24) is 4.90 Å². The van der Waals surface area contributed by atoms with Crippen LogP contribution in [-0.2, 0) is 11.3 Å². The summed E-state index contributed by atoms with van der Waals surface area (Å²) in [4.78, 5) is 12.8. The zero-order valence-corrected chi connectivity index (χ0v) is 11.2. The first kappa shape index (κ1) is 12.8. The number of halogens is 3. The molecule has 0 spiro atoms. The van der Waals surface area contributed by atoms with Gasteiger partial charge in [0.1, 0.15) is 5.88 Å². The van der Waals surface area contributed by atoms with Crippen LogP contribution in [0.25, 0.3) is 0 Å². The van der Waals surface area contributed by atoms with Crippen molar-refractivity contribution in [2.24, 2.45) is 0 Å². The number of carbonyl (C=O) groups excluding carboxylic acids is 1. The van der Waals surface area contributed by atoms with Gasteiger partial charge < -0.3 is 4.90 Å². The summed E-state index contributed by atoms with van der Waals surface area (Å²) in [6.07, 6.45) is 0. The van der Waals surface area contributed by atoms with Gasteiger partial charge in [0.2, 0.25) is 5.91 Å². The SMILES string of the molecule is CN(Cc1cc(Cl)ccc1Br)C(=O)CCl. The van der Waals surface area contributed by atoms with E-state index in [1.807, 2.05) is 12.1 Å². The Morgan fingerprint density at radius 1 is 1.53 bits per heavy atom. The second kappa shape index (κ2) is 5.73. The minimum atomic E-state index is -0.108. The highest BCUT2D eigenvalue weighted by Crippen LogP contribution is 2.22. The zero-order valence-electron chi connectivity index (χ0n) is 8.14. The highest BCUT2D eigenvalue weighted by Gasteiger charge is 2.09. The summed E-state index contributed by atoms with van der Waals surface area (Å²) in [6.45, 7) is 0.493. The molecule has 1 aromatic carbocycles. The van der Waals surface area contributed by atoms with Crippen LogP contribution in [0.5, 0.6) is 0 Å². The Bertz CT molecular complexity index is 370. The van der Waals surface area contributed by atoms with Crippen molar-refractivity contribution in [2.45, 2.75) is 6.54 Å². The van der Waals surface area contributed by atoms with Crippen LogP contribution in [-0.4, -0.2) is 23.7 Å². The smallest absolute Gasteiger partial charge is 0.237 e. The quantitative estimate of drug-likeness (QED) is 0.784. The van der Waals surface area contributed by atoms with Crippen LogP contribution < -0.4 is 0 Å². The van der Waals surface area contributed by atoms with Crippen molar-refractivity contribution in [2.75, 3.05) is 12.9 Å². The lowest BCUT2D eigenvalue weighted by atomic mass is 10.2. The molecule has 0 bridgehead atoms. The number of rotatable bonds is 3. The molecular formula is C10H10BrCl2NO. The van der Waals surface area contributed by atoms with Gasteiger partial charge in [-0.15, -0.1) is 11.6 Å². The minimum absolute atomic E-state index is 0.00527. The third kappa shape index (κ3) is 3.67. The predicted octanol–water partition coefficient (Wildman–Crippen LogP) is 3.30. The number of hydrogen-bond donors (Lipinski definition) is 0. The molecule has 1 rings (SSSR count). The van der Waals surface area contributed by atoms with E-state index in [9.17, 15) is 4.79 Å². The molecule has 0 unspecified atom stereocenters. The van der Waals surface area contributed by atoms with Crippen LogP contribution in [0.1, 0.15) is 5.56 Å². The lowest BCUT2D eigenvalue weighted by Gasteiger charge is -2.16. The van der Waals surface area contributed by atoms with E-state index in [1.54, 1.807) is 18.0 Å². The summed E-state index contributed by atoms with van der Waals surface area (Å²) in [5.74, 6) is -0.113. The molecule has 15 heavy (non-hydrogen) atoms. The summed E-state index contributed by atoms with van der Waals surface area (Å²) in [5.41, 5.74) is 0.962. The molecule has 0 saturated carbocycles. The predicted molar refractivity (Wildman–Crippen MR) is 66.3 cm³/mol. The third-order valence-corrected chi connectivity index (χ3v) is 3.19. The molecule has 0 heterocycles. The van der Waals surface area contributed by atoms with Gasteiger partial charge in [-0.2, -0.15) is 0 Å². The summed E-state index contributed by atoms with van der Waals surface area (Å²) >= 11 is 14.7. The molecule has 0 atom stereocenters. The first-order valence-corrected chi connectivity index (χ1v) is 5.99. The van der Waals surface area contributed by atoms with Crippen molar-refractivity contribution in [3.63, 3.8) is 0 Å². The van der Waals surface area contributed by atoms with Gasteiger partial charge in [-0.25, -0.2) is 0 Å². The number of hydrogen-bond acceptors (Lipinski definition) is 1. The van der Waals surface area contributed by atoms with Crippen molar-refractivity contribution >= 4 is 45.0 Å². The summed E-state index contributed by atoms with van der Waals surface area (Å²) < 4.78 is 0.932. The second-order valence-corrected chi connectivity index (χ2v) is 4.68. The number of nitrogens with zero attached hydrogens (tertiary/aromatic N) is 1. The number of amides is 1. The molecule has 5 heteroatoms. The lowest BCUT2D eigenvalue weighted by Crippen LogP contribution is -2.27. The Balaban J connectivity index is 2.80. The molecule has 0 aliphatic carbocycles. The molecule has 0 radical (unpaired) electrons. The zero-order chi connectivity index (χ0) is 11.4. The van der Waals surface area contributed by atoms with E-state index in [0.717, 1.165) is 10.0 Å². The largest absolute Gasteiger partial charge is 0.340 e. The molecule has 82 valence electrons. The summed E-state index contributed by atoms with van der Waals surface area (Å²) in [6, 6.07) is 5.47. The van der Waals surface area contributed by atoms with E-state index in [1.165, 1.54) is 0 Å². The Kier molecular flexibility index (Phi) is 4.90. The average molecular weight is 311 g/mol. The van der Waals surface area contributed by atoms with Crippen molar-refractivity contribution in [3.8, 4) is 0 Å². The topological polar surface area (TPSA) is 20.3 Å². The van der Waals surface area contributed by atoms with Gasteiger partial charge in [-0.3, -0.25) is 4.79 Å². The van der Waals surface area contributed by atoms with E-state index in [2.05, 4.69) is 15.9 Å². The Morgan fingerprint density at radius 2 is 2.20 bits per heavy atom. The summed E-state index contributed by atoms with van der Waals surface area (Å²) in [5, 5.41) is 0.653. The van der Waals surface area contributed by atoms with E-state index in [0.29, 0.717) is 11.6 Å². The van der Waals surface area contributed by atoms with E-state index >= 15 is 0 Å². The molecule has 2 nitrogen and oxygen atoms in total. The normalized spacial score (nSPS) is 10.1. The first-order valence-electron chi connectivity index (χ1n) is 4.28. The van der Waals surface area contributed by atoms with Gasteiger partial charge in [0.05, 0.1) is 0 Å². The Labute approximate surface area is 107 Å². The maximum Gasteiger partial charge on any atom is 0.237 e. The van der Waals surface area contributed by atoms with Crippen LogP contribution in [0.3, 0.4) is 0 Å². The van der Waals surface area contributed by atoms with Crippen molar-refractivity contribution in [1.29, 1.82) is 0 Å². The fourth-order valence-corrected chi connectivity index (χ4v) is 1.88. The van der Waals surface area contributed by atoms with E-state index in [4.69, 9.17) is 23.2 Å². The number of carbonyl (C=O) groups is 1. The third-order valence-electron chi connectivity index (χ3n) is 1.96. The van der Waals surface area contributed by atoms with Gasteiger partial charge in [-0.05, 0) is 23.8 Å². The maximum atomic E-state index is 11.3. The fourth-order valence-electron chi connectivity index (χ4n) is 1.11. The highest BCUT2D eigenvalue weighted by atomic mass is 79.9. The van der Waals surface area contributed by atoms with E-state index in [-0.39, 0.29) is 11.8 Å². The molecule has 1 amide bonds. The fraction of sp³-hybridized carbons (Fsp3) is 0.300. The van der Waals surface area contributed by atoms with Crippen LogP contribution in [0.15, 0.2) is 22.7 Å². The average Bonchev–Trinajstić information content (AvgIpc) is 2.22. The number of alkyl halides is 1.